The lowest BCUT2D eigenvalue weighted by molar-refractivity contribution is 0.628. The maximum absolute atomic E-state index is 12.8. The van der Waals surface area contributed by atoms with E-state index in [0.717, 1.165) is 5.56 Å². The van der Waals surface area contributed by atoms with Crippen molar-refractivity contribution in [3.8, 4) is 11.3 Å². The molecule has 5 nitrogen and oxygen atoms in total. The summed E-state index contributed by atoms with van der Waals surface area (Å²) in [6.07, 6.45) is 1.44. The molecule has 0 unspecified atom stereocenters. The molecule has 0 saturated carbocycles. The quantitative estimate of drug-likeness (QED) is 0.664. The summed E-state index contributed by atoms with van der Waals surface area (Å²) in [7, 11) is 0. The summed E-state index contributed by atoms with van der Waals surface area (Å²) >= 11 is 0. The number of H-pyrrole nitrogens is 2. The van der Waals surface area contributed by atoms with Gasteiger partial charge in [-0.2, -0.15) is 5.10 Å². The fourth-order valence-corrected chi connectivity index (χ4v) is 1.66. The Balaban J connectivity index is 2.24. The molecule has 6 heteroatoms. The highest BCUT2D eigenvalue weighted by Crippen LogP contribution is 2.23. The molecule has 0 aliphatic heterocycles. The number of hydrogen-bond acceptors (Lipinski definition) is 3. The molecular weight excluding hydrogens is 223 g/mol. The third-order valence-electron chi connectivity index (χ3n) is 2.47. The zero-order valence-electron chi connectivity index (χ0n) is 8.57. The number of halogens is 1. The highest BCUT2D eigenvalue weighted by atomic mass is 19.1. The lowest BCUT2D eigenvalue weighted by atomic mass is 10.1. The van der Waals surface area contributed by atoms with Crippen LogP contribution in [0.25, 0.3) is 22.3 Å². The Hall–Kier alpha value is -2.50. The molecule has 0 aliphatic carbocycles. The van der Waals surface area contributed by atoms with E-state index in [1.54, 1.807) is 12.1 Å². The Bertz CT molecular complexity index is 729. The first-order valence-electron chi connectivity index (χ1n) is 4.93. The minimum Gasteiger partial charge on any atom is -0.288 e. The van der Waals surface area contributed by atoms with Crippen molar-refractivity contribution in [2.75, 3.05) is 0 Å². The van der Waals surface area contributed by atoms with Gasteiger partial charge in [-0.25, -0.2) is 14.2 Å². The van der Waals surface area contributed by atoms with Gasteiger partial charge in [-0.3, -0.25) is 10.1 Å². The average molecular weight is 230 g/mol. The first kappa shape index (κ1) is 9.71. The fourth-order valence-electron chi connectivity index (χ4n) is 1.66. The van der Waals surface area contributed by atoms with Crippen molar-refractivity contribution in [3.63, 3.8) is 0 Å². The van der Waals surface area contributed by atoms with Crippen LogP contribution in [0.15, 0.2) is 35.3 Å². The van der Waals surface area contributed by atoms with E-state index in [2.05, 4.69) is 20.2 Å². The number of benzene rings is 1. The van der Waals surface area contributed by atoms with Gasteiger partial charge in [0.05, 0.1) is 11.1 Å². The van der Waals surface area contributed by atoms with Crippen molar-refractivity contribution in [2.45, 2.75) is 0 Å². The fraction of sp³-hybridized carbons (Fsp3) is 0. The van der Waals surface area contributed by atoms with E-state index >= 15 is 0 Å². The van der Waals surface area contributed by atoms with Gasteiger partial charge in [0.15, 0.2) is 5.65 Å². The van der Waals surface area contributed by atoms with E-state index in [-0.39, 0.29) is 5.82 Å². The minimum atomic E-state index is -0.449. The average Bonchev–Trinajstić information content (AvgIpc) is 2.73. The highest BCUT2D eigenvalue weighted by molar-refractivity contribution is 5.89. The molecule has 84 valence electrons. The van der Waals surface area contributed by atoms with Gasteiger partial charge >= 0.3 is 5.69 Å². The molecule has 17 heavy (non-hydrogen) atoms. The number of nitrogens with zero attached hydrogens (tertiary/aromatic N) is 2. The first-order chi connectivity index (χ1) is 8.24. The number of nitrogens with one attached hydrogen (secondary N) is 2. The number of fused-ring (bicyclic) bond motifs is 1. The number of rotatable bonds is 1. The van der Waals surface area contributed by atoms with Crippen LogP contribution in [-0.2, 0) is 0 Å². The van der Waals surface area contributed by atoms with E-state index in [1.165, 1.54) is 18.3 Å². The van der Waals surface area contributed by atoms with Crippen LogP contribution in [0.2, 0.25) is 0 Å². The van der Waals surface area contributed by atoms with Crippen LogP contribution < -0.4 is 5.69 Å². The molecule has 1 aromatic carbocycles. The molecule has 2 aromatic heterocycles. The number of hydrogen-bond donors (Lipinski definition) is 2. The van der Waals surface area contributed by atoms with Gasteiger partial charge in [0.1, 0.15) is 5.82 Å². The predicted molar refractivity (Wildman–Crippen MR) is 59.9 cm³/mol. The summed E-state index contributed by atoms with van der Waals surface area (Å²) in [5.74, 6) is -0.302. The number of aromatic amines is 2. The standard InChI is InChI=1S/C11H7FN4O/c12-7-3-1-6(2-4-7)9-8-5-13-11(17)14-10(8)16-15-9/h1-5H,(H2,13,14,15,16,17). The maximum atomic E-state index is 12.8. The Kier molecular flexibility index (Phi) is 2.01. The molecule has 0 radical (unpaired) electrons. The van der Waals surface area contributed by atoms with E-state index in [1.807, 2.05) is 0 Å². The van der Waals surface area contributed by atoms with Gasteiger partial charge in [-0.05, 0) is 24.3 Å². The zero-order chi connectivity index (χ0) is 11.8. The molecule has 0 fully saturated rings. The van der Waals surface area contributed by atoms with Gasteiger partial charge in [0.2, 0.25) is 0 Å². The summed E-state index contributed by atoms with van der Waals surface area (Å²) in [5, 5.41) is 7.45. The minimum absolute atomic E-state index is 0.302. The van der Waals surface area contributed by atoms with Crippen LogP contribution in [0.5, 0.6) is 0 Å². The Morgan fingerprint density at radius 1 is 1.18 bits per heavy atom. The molecule has 0 spiro atoms. The summed E-state index contributed by atoms with van der Waals surface area (Å²) in [6.45, 7) is 0. The smallest absolute Gasteiger partial charge is 0.288 e. The summed E-state index contributed by atoms with van der Waals surface area (Å²) in [6, 6.07) is 5.99. The molecule has 0 amide bonds. The van der Waals surface area contributed by atoms with E-state index < -0.39 is 5.69 Å². The normalized spacial score (nSPS) is 10.9. The summed E-state index contributed by atoms with van der Waals surface area (Å²) in [4.78, 5) is 17.1. The topological polar surface area (TPSA) is 74.4 Å². The van der Waals surface area contributed by atoms with E-state index in [0.29, 0.717) is 16.7 Å². The van der Waals surface area contributed by atoms with E-state index in [9.17, 15) is 9.18 Å². The van der Waals surface area contributed by atoms with Crippen LogP contribution in [0.3, 0.4) is 0 Å². The lowest BCUT2D eigenvalue weighted by Crippen LogP contribution is -2.08. The monoisotopic (exact) mass is 230 g/mol. The van der Waals surface area contributed by atoms with Gasteiger partial charge < -0.3 is 0 Å². The summed E-state index contributed by atoms with van der Waals surface area (Å²) in [5.41, 5.74) is 1.46. The molecule has 0 atom stereocenters. The van der Waals surface area contributed by atoms with Crippen molar-refractivity contribution in [2.24, 2.45) is 0 Å². The molecule has 2 heterocycles. The van der Waals surface area contributed by atoms with Crippen LogP contribution in [0.4, 0.5) is 4.39 Å². The van der Waals surface area contributed by atoms with Gasteiger partial charge in [0, 0.05) is 11.8 Å². The van der Waals surface area contributed by atoms with Crippen LogP contribution in [0.1, 0.15) is 0 Å². The van der Waals surface area contributed by atoms with Crippen LogP contribution in [0, 0.1) is 5.82 Å². The van der Waals surface area contributed by atoms with Crippen molar-refractivity contribution in [3.05, 3.63) is 46.8 Å². The van der Waals surface area contributed by atoms with Gasteiger partial charge in [-0.15, -0.1) is 0 Å². The lowest BCUT2D eigenvalue weighted by Gasteiger charge is -1.97. The zero-order valence-corrected chi connectivity index (χ0v) is 8.57. The second-order valence-electron chi connectivity index (χ2n) is 3.56. The van der Waals surface area contributed by atoms with E-state index in [4.69, 9.17) is 0 Å². The maximum Gasteiger partial charge on any atom is 0.346 e. The molecular formula is C11H7FN4O. The highest BCUT2D eigenvalue weighted by Gasteiger charge is 2.08. The molecule has 2 N–H and O–H groups in total. The number of aromatic nitrogens is 4. The second kappa shape index (κ2) is 3.51. The van der Waals surface area contributed by atoms with Crippen molar-refractivity contribution in [1.82, 2.24) is 20.2 Å². The van der Waals surface area contributed by atoms with Crippen LogP contribution >= 0.6 is 0 Å². The third-order valence-corrected chi connectivity index (χ3v) is 2.47. The third kappa shape index (κ3) is 1.59. The molecule has 3 rings (SSSR count). The molecule has 0 saturated heterocycles. The Morgan fingerprint density at radius 3 is 2.71 bits per heavy atom. The van der Waals surface area contributed by atoms with Crippen LogP contribution in [-0.4, -0.2) is 20.2 Å². The van der Waals surface area contributed by atoms with Gasteiger partial charge in [-0.1, -0.05) is 0 Å². The van der Waals surface area contributed by atoms with Crippen molar-refractivity contribution >= 4 is 11.0 Å². The Morgan fingerprint density at radius 2 is 1.94 bits per heavy atom. The largest absolute Gasteiger partial charge is 0.346 e. The SMILES string of the molecule is O=c1ncc2c(-c3ccc(F)cc3)[nH]nc2[nH]1. The Labute approximate surface area is 94.3 Å². The van der Waals surface area contributed by atoms with Crippen molar-refractivity contribution in [1.29, 1.82) is 0 Å². The summed E-state index contributed by atoms with van der Waals surface area (Å²) < 4.78 is 12.8. The molecule has 0 aliphatic rings. The first-order valence-corrected chi connectivity index (χ1v) is 4.93. The second-order valence-corrected chi connectivity index (χ2v) is 3.56. The van der Waals surface area contributed by atoms with Crippen molar-refractivity contribution < 1.29 is 4.39 Å². The molecule has 0 bridgehead atoms. The predicted octanol–water partition coefficient (Wildman–Crippen LogP) is 1.45. The van der Waals surface area contributed by atoms with Gasteiger partial charge in [0.25, 0.3) is 0 Å². The molecule has 3 aromatic rings.